The van der Waals surface area contributed by atoms with Gasteiger partial charge >= 0.3 is 65.1 Å². The van der Waals surface area contributed by atoms with Crippen molar-refractivity contribution in [2.75, 3.05) is 0 Å². The van der Waals surface area contributed by atoms with Crippen molar-refractivity contribution < 1.29 is 74.1 Å². The van der Waals surface area contributed by atoms with E-state index in [0.717, 1.165) is 0 Å². The fourth-order valence-corrected chi connectivity index (χ4v) is 0.639. The number of carbonyl (C=O) groups is 1. The van der Waals surface area contributed by atoms with E-state index in [1.54, 1.807) is 0 Å². The Balaban J connectivity index is 0. The van der Waals surface area contributed by atoms with E-state index in [4.69, 9.17) is 10.2 Å². The second kappa shape index (κ2) is 6.95. The van der Waals surface area contributed by atoms with Crippen LogP contribution in [0.4, 0.5) is 0 Å². The van der Waals surface area contributed by atoms with Gasteiger partial charge in [0.15, 0.2) is 0 Å². The largest absolute Gasteiger partial charge is 1.00 e. The number of hydrogen-bond acceptors (Lipinski definition) is 2. The van der Waals surface area contributed by atoms with Crippen LogP contribution in [0.3, 0.4) is 0 Å². The minimum absolute atomic E-state index is 0. The Labute approximate surface area is 114 Å². The van der Waals surface area contributed by atoms with Crippen LogP contribution < -0.4 is 59.1 Å². The van der Waals surface area contributed by atoms with Gasteiger partial charge in [0.25, 0.3) is 0 Å². The number of phenols is 1. The average molecular weight is 184 g/mol. The Morgan fingerprint density at radius 3 is 2.17 bits per heavy atom. The van der Waals surface area contributed by atoms with Crippen LogP contribution in [0.1, 0.15) is 10.4 Å². The van der Waals surface area contributed by atoms with Gasteiger partial charge in [0.1, 0.15) is 5.75 Å². The standard InChI is InChI=1S/C7H6O3.2Na/c8-6-3-1-2-5(4-6)7(9)10;;/h1-4,8H,(H,9,10);;/q;2*+1. The predicted molar refractivity (Wildman–Crippen MR) is 35.1 cm³/mol. The summed E-state index contributed by atoms with van der Waals surface area (Å²) in [7, 11) is 0. The molecule has 0 aromatic heterocycles. The molecule has 0 saturated carbocycles. The van der Waals surface area contributed by atoms with Crippen molar-refractivity contribution in [3.8, 4) is 5.75 Å². The molecule has 0 aliphatic heterocycles. The van der Waals surface area contributed by atoms with Crippen LogP contribution in [0.2, 0.25) is 0 Å². The number of phenolic OH excluding ortho intramolecular Hbond substituents is 1. The maximum absolute atomic E-state index is 10.2. The number of benzene rings is 1. The van der Waals surface area contributed by atoms with Crippen LogP contribution in [-0.4, -0.2) is 16.2 Å². The van der Waals surface area contributed by atoms with Gasteiger partial charge in [-0.25, -0.2) is 4.79 Å². The molecule has 2 N–H and O–H groups in total. The zero-order valence-electron chi connectivity index (χ0n) is 7.11. The third-order valence-electron chi connectivity index (χ3n) is 1.09. The minimum Gasteiger partial charge on any atom is -0.508 e. The van der Waals surface area contributed by atoms with Gasteiger partial charge in [-0.2, -0.15) is 0 Å². The fraction of sp³-hybridized carbons (Fsp3) is 0. The zero-order valence-corrected chi connectivity index (χ0v) is 11.1. The number of aromatic carboxylic acids is 1. The molecule has 0 aliphatic carbocycles. The third kappa shape index (κ3) is 4.50. The Morgan fingerprint density at radius 1 is 1.25 bits per heavy atom. The second-order valence-corrected chi connectivity index (χ2v) is 1.86. The Kier molecular flexibility index (Phi) is 8.68. The summed E-state index contributed by atoms with van der Waals surface area (Å²) >= 11 is 0. The van der Waals surface area contributed by atoms with Crippen LogP contribution in [-0.2, 0) is 0 Å². The molecule has 0 heterocycles. The Bertz CT molecular complexity index is 263. The molecule has 1 aromatic rings. The van der Waals surface area contributed by atoms with Crippen LogP contribution in [0.15, 0.2) is 24.3 Å². The van der Waals surface area contributed by atoms with Gasteiger partial charge in [-0.1, -0.05) is 6.07 Å². The molecular weight excluding hydrogens is 178 g/mol. The summed E-state index contributed by atoms with van der Waals surface area (Å²) in [4.78, 5) is 10.2. The topological polar surface area (TPSA) is 57.5 Å². The van der Waals surface area contributed by atoms with E-state index in [0.29, 0.717) is 0 Å². The molecule has 0 radical (unpaired) electrons. The molecule has 0 aliphatic rings. The first-order valence-corrected chi connectivity index (χ1v) is 2.72. The van der Waals surface area contributed by atoms with Crippen LogP contribution in [0.25, 0.3) is 0 Å². The van der Waals surface area contributed by atoms with Crippen LogP contribution >= 0.6 is 0 Å². The van der Waals surface area contributed by atoms with E-state index >= 15 is 0 Å². The van der Waals surface area contributed by atoms with E-state index in [1.165, 1.54) is 24.3 Å². The minimum atomic E-state index is -1.03. The van der Waals surface area contributed by atoms with Gasteiger partial charge in [-0.3, -0.25) is 0 Å². The molecule has 1 rings (SSSR count). The summed E-state index contributed by atoms with van der Waals surface area (Å²) in [6.07, 6.45) is 0. The molecule has 3 nitrogen and oxygen atoms in total. The normalized spacial score (nSPS) is 7.67. The van der Waals surface area contributed by atoms with Gasteiger partial charge in [0.2, 0.25) is 0 Å². The SMILES string of the molecule is O=C(O)c1cccc(O)c1.[Na+].[Na+]. The van der Waals surface area contributed by atoms with E-state index in [2.05, 4.69) is 0 Å². The molecule has 0 amide bonds. The smallest absolute Gasteiger partial charge is 0.508 e. The van der Waals surface area contributed by atoms with E-state index in [9.17, 15) is 4.79 Å². The number of aromatic hydroxyl groups is 1. The van der Waals surface area contributed by atoms with Gasteiger partial charge < -0.3 is 10.2 Å². The molecule has 12 heavy (non-hydrogen) atoms. The van der Waals surface area contributed by atoms with Crippen LogP contribution in [0.5, 0.6) is 5.75 Å². The van der Waals surface area contributed by atoms with Crippen molar-refractivity contribution in [1.29, 1.82) is 0 Å². The summed E-state index contributed by atoms with van der Waals surface area (Å²) in [5.74, 6) is -1.06. The van der Waals surface area contributed by atoms with Crippen molar-refractivity contribution in [3.05, 3.63) is 29.8 Å². The van der Waals surface area contributed by atoms with E-state index in [1.807, 2.05) is 0 Å². The molecule has 5 heteroatoms. The average Bonchev–Trinajstić information content (AvgIpc) is 1.88. The first-order valence-electron chi connectivity index (χ1n) is 2.72. The monoisotopic (exact) mass is 184 g/mol. The van der Waals surface area contributed by atoms with Gasteiger partial charge in [0.05, 0.1) is 5.56 Å². The Morgan fingerprint density at radius 2 is 1.83 bits per heavy atom. The molecule has 1 aromatic carbocycles. The number of carboxylic acid groups (broad SMARTS) is 1. The van der Waals surface area contributed by atoms with Gasteiger partial charge in [0, 0.05) is 0 Å². The first kappa shape index (κ1) is 15.0. The zero-order chi connectivity index (χ0) is 7.56. The molecular formula is C7H6Na2O3+2. The molecule has 52 valence electrons. The van der Waals surface area contributed by atoms with Crippen molar-refractivity contribution in [2.24, 2.45) is 0 Å². The quantitative estimate of drug-likeness (QED) is 0.430. The number of carboxylic acids is 1. The number of hydrogen-bond donors (Lipinski definition) is 2. The van der Waals surface area contributed by atoms with E-state index in [-0.39, 0.29) is 70.4 Å². The number of rotatable bonds is 1. The summed E-state index contributed by atoms with van der Waals surface area (Å²) < 4.78 is 0. The first-order chi connectivity index (χ1) is 4.70. The van der Waals surface area contributed by atoms with Gasteiger partial charge in [-0.15, -0.1) is 0 Å². The molecule has 0 fully saturated rings. The maximum atomic E-state index is 10.2. The molecule has 0 spiro atoms. The molecule has 0 saturated heterocycles. The summed E-state index contributed by atoms with van der Waals surface area (Å²) in [5.41, 5.74) is 0.0972. The van der Waals surface area contributed by atoms with Crippen LogP contribution in [0, 0.1) is 0 Å². The summed E-state index contributed by atoms with van der Waals surface area (Å²) in [6.45, 7) is 0. The third-order valence-corrected chi connectivity index (χ3v) is 1.09. The Hall–Kier alpha value is 0.490. The predicted octanol–water partition coefficient (Wildman–Crippen LogP) is -4.90. The molecule has 0 atom stereocenters. The molecule has 0 unspecified atom stereocenters. The maximum Gasteiger partial charge on any atom is 1.00 e. The fourth-order valence-electron chi connectivity index (χ4n) is 0.639. The van der Waals surface area contributed by atoms with Crippen molar-refractivity contribution in [2.45, 2.75) is 0 Å². The van der Waals surface area contributed by atoms with Gasteiger partial charge in [-0.05, 0) is 18.2 Å². The van der Waals surface area contributed by atoms with Crippen molar-refractivity contribution >= 4 is 5.97 Å². The summed E-state index contributed by atoms with van der Waals surface area (Å²) in [5, 5.41) is 17.2. The molecule has 0 bridgehead atoms. The van der Waals surface area contributed by atoms with Crippen molar-refractivity contribution in [1.82, 2.24) is 0 Å². The second-order valence-electron chi connectivity index (χ2n) is 1.86. The van der Waals surface area contributed by atoms with E-state index < -0.39 is 5.97 Å². The summed E-state index contributed by atoms with van der Waals surface area (Å²) in [6, 6.07) is 5.52. The van der Waals surface area contributed by atoms with Crippen molar-refractivity contribution in [3.63, 3.8) is 0 Å².